The van der Waals surface area contributed by atoms with Gasteiger partial charge < -0.3 is 14.8 Å². The van der Waals surface area contributed by atoms with Crippen molar-refractivity contribution >= 4 is 5.91 Å². The van der Waals surface area contributed by atoms with Crippen molar-refractivity contribution in [2.24, 2.45) is 5.92 Å². The molecule has 1 saturated carbocycles. The van der Waals surface area contributed by atoms with E-state index in [-0.39, 0.29) is 11.5 Å². The summed E-state index contributed by atoms with van der Waals surface area (Å²) in [6, 6.07) is 1.92. The molecule has 0 radical (unpaired) electrons. The third-order valence-corrected chi connectivity index (χ3v) is 6.94. The van der Waals surface area contributed by atoms with Crippen molar-refractivity contribution in [1.29, 1.82) is 0 Å². The van der Waals surface area contributed by atoms with Gasteiger partial charge in [-0.1, -0.05) is 0 Å². The van der Waals surface area contributed by atoms with E-state index in [1.165, 1.54) is 29.8 Å². The molecule has 1 saturated heterocycles. The highest BCUT2D eigenvalue weighted by molar-refractivity contribution is 5.95. The molecule has 0 bridgehead atoms. The molecule has 2 aromatic rings. The first-order valence-electron chi connectivity index (χ1n) is 11.4. The van der Waals surface area contributed by atoms with Crippen molar-refractivity contribution in [2.45, 2.75) is 57.9 Å². The summed E-state index contributed by atoms with van der Waals surface area (Å²) in [7, 11) is 0. The van der Waals surface area contributed by atoms with Crippen molar-refractivity contribution in [3.63, 3.8) is 0 Å². The standard InChI is InChI=1S/C23H31N5O2/c1-15-6-10-28(14-16-3-2-9-24-13-16)23(30)20(15)22(29)27-11-7-18-19(8-12-27)25-26-21(18)17-4-5-17/h6,10,16-17,24H,2-5,7-9,11-14H2,1H3,(H,25,26). The van der Waals surface area contributed by atoms with Gasteiger partial charge in [0, 0.05) is 43.9 Å². The molecule has 1 amide bonds. The van der Waals surface area contributed by atoms with Gasteiger partial charge in [0.1, 0.15) is 5.56 Å². The van der Waals surface area contributed by atoms with Gasteiger partial charge in [0.2, 0.25) is 0 Å². The van der Waals surface area contributed by atoms with E-state index in [1.54, 1.807) is 4.57 Å². The lowest BCUT2D eigenvalue weighted by Gasteiger charge is -2.25. The lowest BCUT2D eigenvalue weighted by molar-refractivity contribution is 0.0759. The van der Waals surface area contributed by atoms with Gasteiger partial charge in [-0.05, 0) is 75.2 Å². The number of aromatic nitrogens is 3. The smallest absolute Gasteiger partial charge is 0.263 e. The summed E-state index contributed by atoms with van der Waals surface area (Å²) in [6.07, 6.45) is 8.15. The Labute approximate surface area is 176 Å². The molecule has 30 heavy (non-hydrogen) atoms. The van der Waals surface area contributed by atoms with Crippen LogP contribution in [-0.2, 0) is 19.4 Å². The van der Waals surface area contributed by atoms with E-state index in [9.17, 15) is 9.59 Å². The van der Waals surface area contributed by atoms with Crippen LogP contribution in [0.5, 0.6) is 0 Å². The highest BCUT2D eigenvalue weighted by atomic mass is 16.2. The number of nitrogens with zero attached hydrogens (tertiary/aromatic N) is 3. The zero-order valence-electron chi connectivity index (χ0n) is 17.7. The molecule has 2 aliphatic heterocycles. The summed E-state index contributed by atoms with van der Waals surface area (Å²) < 4.78 is 1.74. The van der Waals surface area contributed by atoms with Crippen molar-refractivity contribution in [3.05, 3.63) is 50.7 Å². The van der Waals surface area contributed by atoms with Crippen LogP contribution in [0.4, 0.5) is 0 Å². The normalized spacial score (nSPS) is 21.9. The molecule has 4 heterocycles. The largest absolute Gasteiger partial charge is 0.338 e. The predicted octanol–water partition coefficient (Wildman–Crippen LogP) is 2.00. The average Bonchev–Trinajstić information content (AvgIpc) is 3.55. The SMILES string of the molecule is Cc1ccn(CC2CCCNC2)c(=O)c1C(=O)N1CCc2[nH]nc(C3CC3)c2CC1. The lowest BCUT2D eigenvalue weighted by atomic mass is 9.99. The summed E-state index contributed by atoms with van der Waals surface area (Å²) in [6.45, 7) is 5.80. The maximum atomic E-state index is 13.4. The molecule has 0 spiro atoms. The molecule has 7 heteroatoms. The van der Waals surface area contributed by atoms with E-state index in [2.05, 4.69) is 15.5 Å². The van der Waals surface area contributed by atoms with Crippen LogP contribution in [0.1, 0.15) is 64.5 Å². The molecule has 2 N–H and O–H groups in total. The second-order valence-electron chi connectivity index (χ2n) is 9.18. The van der Waals surface area contributed by atoms with E-state index in [0.717, 1.165) is 44.3 Å². The topological polar surface area (TPSA) is 83.0 Å². The van der Waals surface area contributed by atoms with Crippen molar-refractivity contribution < 1.29 is 4.79 Å². The monoisotopic (exact) mass is 409 g/mol. The van der Waals surface area contributed by atoms with Gasteiger partial charge in [0.05, 0.1) is 5.69 Å². The summed E-state index contributed by atoms with van der Waals surface area (Å²) in [4.78, 5) is 28.5. The Morgan fingerprint density at radius 3 is 2.83 bits per heavy atom. The van der Waals surface area contributed by atoms with Crippen molar-refractivity contribution in [3.8, 4) is 0 Å². The average molecular weight is 410 g/mol. The second-order valence-corrected chi connectivity index (χ2v) is 9.18. The van der Waals surface area contributed by atoms with Gasteiger partial charge in [0.15, 0.2) is 0 Å². The summed E-state index contributed by atoms with van der Waals surface area (Å²) in [5.74, 6) is 0.920. The molecule has 1 atom stereocenters. The fourth-order valence-electron chi connectivity index (χ4n) is 4.99. The number of hydrogen-bond acceptors (Lipinski definition) is 4. The molecule has 7 nitrogen and oxygen atoms in total. The molecule has 3 aliphatic rings. The van der Waals surface area contributed by atoms with Crippen molar-refractivity contribution in [2.75, 3.05) is 26.2 Å². The second kappa shape index (κ2) is 8.02. The maximum absolute atomic E-state index is 13.4. The fraction of sp³-hybridized carbons (Fsp3) is 0.609. The lowest BCUT2D eigenvalue weighted by Crippen LogP contribution is -2.40. The molecular formula is C23H31N5O2. The molecule has 5 rings (SSSR count). The Kier molecular flexibility index (Phi) is 5.23. The third-order valence-electron chi connectivity index (χ3n) is 6.94. The third kappa shape index (κ3) is 3.71. The Balaban J connectivity index is 1.35. The van der Waals surface area contributed by atoms with Crippen LogP contribution in [0.2, 0.25) is 0 Å². The number of piperidine rings is 1. The number of amides is 1. The zero-order valence-corrected chi connectivity index (χ0v) is 17.7. The Hall–Kier alpha value is -2.41. The summed E-state index contributed by atoms with van der Waals surface area (Å²) in [5, 5.41) is 11.1. The van der Waals surface area contributed by atoms with Crippen LogP contribution >= 0.6 is 0 Å². The van der Waals surface area contributed by atoms with Crippen LogP contribution < -0.4 is 10.9 Å². The summed E-state index contributed by atoms with van der Waals surface area (Å²) >= 11 is 0. The predicted molar refractivity (Wildman–Crippen MR) is 115 cm³/mol. The van der Waals surface area contributed by atoms with Crippen molar-refractivity contribution in [1.82, 2.24) is 25.0 Å². The molecule has 2 aromatic heterocycles. The fourth-order valence-corrected chi connectivity index (χ4v) is 4.99. The highest BCUT2D eigenvalue weighted by Gasteiger charge is 2.32. The van der Waals surface area contributed by atoms with E-state index in [1.807, 2.05) is 24.1 Å². The van der Waals surface area contributed by atoms with E-state index < -0.39 is 0 Å². The quantitative estimate of drug-likeness (QED) is 0.809. The minimum Gasteiger partial charge on any atom is -0.338 e. The van der Waals surface area contributed by atoms with Crippen LogP contribution in [-0.4, -0.2) is 51.8 Å². The van der Waals surface area contributed by atoms with Gasteiger partial charge >= 0.3 is 0 Å². The summed E-state index contributed by atoms with van der Waals surface area (Å²) in [5.41, 5.74) is 4.64. The van der Waals surface area contributed by atoms with Gasteiger partial charge in [-0.3, -0.25) is 14.7 Å². The molecule has 1 aliphatic carbocycles. The Morgan fingerprint density at radius 2 is 2.07 bits per heavy atom. The molecule has 0 aromatic carbocycles. The number of fused-ring (bicyclic) bond motifs is 1. The minimum absolute atomic E-state index is 0.125. The zero-order chi connectivity index (χ0) is 20.7. The Morgan fingerprint density at radius 1 is 1.23 bits per heavy atom. The first-order valence-corrected chi connectivity index (χ1v) is 11.4. The molecule has 2 fully saturated rings. The van der Waals surface area contributed by atoms with E-state index >= 15 is 0 Å². The van der Waals surface area contributed by atoms with Crippen LogP contribution in [0.25, 0.3) is 0 Å². The van der Waals surface area contributed by atoms with E-state index in [4.69, 9.17) is 0 Å². The minimum atomic E-state index is -0.145. The van der Waals surface area contributed by atoms with E-state index in [0.29, 0.717) is 37.0 Å². The first-order chi connectivity index (χ1) is 14.6. The molecule has 160 valence electrons. The number of carbonyl (C=O) groups excluding carboxylic acids is 1. The van der Waals surface area contributed by atoms with Gasteiger partial charge in [-0.15, -0.1) is 0 Å². The van der Waals surface area contributed by atoms with Crippen LogP contribution in [0.15, 0.2) is 17.1 Å². The number of pyridine rings is 1. The van der Waals surface area contributed by atoms with Crippen LogP contribution in [0.3, 0.4) is 0 Å². The molecular weight excluding hydrogens is 378 g/mol. The highest BCUT2D eigenvalue weighted by Crippen LogP contribution is 2.41. The number of nitrogens with one attached hydrogen (secondary N) is 2. The first kappa shape index (κ1) is 19.5. The Bertz CT molecular complexity index is 998. The molecule has 1 unspecified atom stereocenters. The van der Waals surface area contributed by atoms with Gasteiger partial charge in [0.25, 0.3) is 11.5 Å². The van der Waals surface area contributed by atoms with Gasteiger partial charge in [-0.25, -0.2) is 0 Å². The number of rotatable bonds is 4. The number of H-pyrrole nitrogens is 1. The number of aryl methyl sites for hydroxylation is 1. The number of carbonyl (C=O) groups is 1. The van der Waals surface area contributed by atoms with Crippen LogP contribution in [0, 0.1) is 12.8 Å². The number of hydrogen-bond donors (Lipinski definition) is 2. The maximum Gasteiger partial charge on any atom is 0.263 e. The number of aromatic amines is 1. The van der Waals surface area contributed by atoms with Gasteiger partial charge in [-0.2, -0.15) is 5.10 Å².